The molecule has 346 valence electrons. The highest BCUT2D eigenvalue weighted by atomic mass is 16.2. The van der Waals surface area contributed by atoms with E-state index in [1.54, 1.807) is 20.8 Å². The smallest absolute Gasteiger partial charge is 0.248 e. The van der Waals surface area contributed by atoms with Crippen LogP contribution in [-0.4, -0.2) is 141 Å². The molecule has 0 bridgehead atoms. The fraction of sp³-hybridized carbons (Fsp3) is 0.818. The van der Waals surface area contributed by atoms with Crippen molar-refractivity contribution >= 4 is 47.2 Å². The summed E-state index contributed by atoms with van der Waals surface area (Å²) in [6.45, 7) is 24.4. The van der Waals surface area contributed by atoms with E-state index in [-0.39, 0.29) is 30.8 Å². The van der Waals surface area contributed by atoms with Crippen molar-refractivity contribution in [3.8, 4) is 0 Å². The molecule has 7 amide bonds. The number of hydrogen-bond acceptors (Lipinski definition) is 9. The lowest BCUT2D eigenvalue weighted by Gasteiger charge is -2.41. The maximum atomic E-state index is 14.0. The van der Waals surface area contributed by atoms with Gasteiger partial charge < -0.3 is 42.5 Å². The zero-order chi connectivity index (χ0) is 46.1. The summed E-state index contributed by atoms with van der Waals surface area (Å²) >= 11 is 0. The highest BCUT2D eigenvalue weighted by Crippen LogP contribution is 2.23. The van der Waals surface area contributed by atoms with Crippen molar-refractivity contribution in [1.29, 1.82) is 0 Å². The third-order valence-corrected chi connectivity index (χ3v) is 11.9. The molecule has 0 saturated carbocycles. The Kier molecular flexibility index (Phi) is 17.7. The number of carbonyl (C=O) groups excluding carboxylic acids is 7. The third kappa shape index (κ3) is 14.4. The van der Waals surface area contributed by atoms with Crippen LogP contribution in [0.15, 0.2) is 0 Å². The zero-order valence-electron chi connectivity index (χ0n) is 39.3. The molecule has 3 rings (SSSR count). The molecule has 0 unspecified atom stereocenters. The summed E-state index contributed by atoms with van der Waals surface area (Å²) < 4.78 is 2.45. The van der Waals surface area contributed by atoms with Gasteiger partial charge in [0.25, 0.3) is 0 Å². The number of piperidine rings is 1. The SMILES string of the molecule is CC[C@](C)(NC(=O)[C@H](CC(C)C)NC(=O)CNC(=O)C(C)(C)NC(=O)[C@@H]1CCCCN1C(=O)C(C)(C)NC(=O)C(C)(C)N)C(=O)N[C@@H](CC(C)C)CN1CCC[N+]2=C1CCC2. The van der Waals surface area contributed by atoms with Gasteiger partial charge in [-0.2, -0.15) is 0 Å². The lowest BCUT2D eigenvalue weighted by Crippen LogP contribution is -2.66. The monoisotopic (exact) mass is 860 g/mol. The average molecular weight is 860 g/mol. The van der Waals surface area contributed by atoms with Crippen LogP contribution in [0.2, 0.25) is 0 Å². The van der Waals surface area contributed by atoms with Crippen LogP contribution in [0.1, 0.15) is 141 Å². The van der Waals surface area contributed by atoms with E-state index in [1.165, 1.54) is 38.4 Å². The summed E-state index contributed by atoms with van der Waals surface area (Å²) in [5.41, 5.74) is 0.626. The largest absolute Gasteiger partial charge is 0.347 e. The third-order valence-electron chi connectivity index (χ3n) is 11.9. The first kappa shape index (κ1) is 51.1. The Morgan fingerprint density at radius 2 is 1.39 bits per heavy atom. The second kappa shape index (κ2) is 21.2. The molecule has 1 saturated heterocycles. The molecule has 8 N–H and O–H groups in total. The van der Waals surface area contributed by atoms with E-state index in [0.717, 1.165) is 45.3 Å². The lowest BCUT2D eigenvalue weighted by molar-refractivity contribution is -0.530. The molecule has 17 nitrogen and oxygen atoms in total. The van der Waals surface area contributed by atoms with Crippen molar-refractivity contribution in [1.82, 2.24) is 41.7 Å². The summed E-state index contributed by atoms with van der Waals surface area (Å²) in [6, 6.07) is -2.00. The van der Waals surface area contributed by atoms with Crippen LogP contribution in [0.25, 0.3) is 0 Å². The lowest BCUT2D eigenvalue weighted by atomic mass is 9.94. The molecule has 61 heavy (non-hydrogen) atoms. The quantitative estimate of drug-likeness (QED) is 0.0875. The zero-order valence-corrected chi connectivity index (χ0v) is 39.3. The number of nitrogens with zero attached hydrogens (tertiary/aromatic N) is 3. The summed E-state index contributed by atoms with van der Waals surface area (Å²) in [6.07, 6.45) is 6.37. The molecule has 0 spiro atoms. The fourth-order valence-corrected chi connectivity index (χ4v) is 8.20. The van der Waals surface area contributed by atoms with E-state index >= 15 is 0 Å². The minimum Gasteiger partial charge on any atom is -0.347 e. The average Bonchev–Trinajstić information content (AvgIpc) is 3.65. The van der Waals surface area contributed by atoms with Crippen molar-refractivity contribution in [3.05, 3.63) is 0 Å². The van der Waals surface area contributed by atoms with Gasteiger partial charge in [-0.05, 0) is 105 Å². The number of likely N-dealkylation sites (tertiary alicyclic amines) is 1. The Hall–Kier alpha value is -4.28. The second-order valence-electron chi connectivity index (χ2n) is 20.1. The number of amidine groups is 1. The Balaban J connectivity index is 1.62. The van der Waals surface area contributed by atoms with Crippen LogP contribution in [0.3, 0.4) is 0 Å². The molecule has 3 aliphatic rings. The first-order chi connectivity index (χ1) is 28.2. The second-order valence-corrected chi connectivity index (χ2v) is 20.1. The van der Waals surface area contributed by atoms with Gasteiger partial charge >= 0.3 is 0 Å². The molecule has 17 heteroatoms. The van der Waals surface area contributed by atoms with Crippen molar-refractivity contribution in [2.24, 2.45) is 17.6 Å². The van der Waals surface area contributed by atoms with E-state index in [1.807, 2.05) is 20.8 Å². The molecule has 4 atom stereocenters. The molecular weight excluding hydrogens is 781 g/mol. The van der Waals surface area contributed by atoms with Crippen LogP contribution in [0.5, 0.6) is 0 Å². The van der Waals surface area contributed by atoms with Crippen molar-refractivity contribution in [3.63, 3.8) is 0 Å². The maximum absolute atomic E-state index is 14.0. The summed E-state index contributed by atoms with van der Waals surface area (Å²) in [5.74, 6) is -1.86. The number of hydrogen-bond donors (Lipinski definition) is 7. The van der Waals surface area contributed by atoms with Gasteiger partial charge in [0, 0.05) is 13.0 Å². The number of nitrogens with two attached hydrogens (primary N) is 1. The molecule has 0 aromatic rings. The van der Waals surface area contributed by atoms with Crippen LogP contribution >= 0.6 is 0 Å². The first-order valence-corrected chi connectivity index (χ1v) is 22.5. The van der Waals surface area contributed by atoms with E-state index in [4.69, 9.17) is 5.73 Å². The highest BCUT2D eigenvalue weighted by Gasteiger charge is 2.44. The minimum absolute atomic E-state index is 0.00898. The maximum Gasteiger partial charge on any atom is 0.248 e. The molecule has 3 aliphatic heterocycles. The molecule has 3 heterocycles. The van der Waals surface area contributed by atoms with Crippen LogP contribution in [0.4, 0.5) is 0 Å². The topological polar surface area (TPSA) is 227 Å². The van der Waals surface area contributed by atoms with E-state index in [0.29, 0.717) is 38.1 Å². The molecular formula is C44H79N10O7+. The van der Waals surface area contributed by atoms with Gasteiger partial charge in [0.1, 0.15) is 35.2 Å². The van der Waals surface area contributed by atoms with Gasteiger partial charge in [0.2, 0.25) is 47.2 Å². The molecule has 1 fully saturated rings. The number of carbonyl (C=O) groups is 7. The van der Waals surface area contributed by atoms with Crippen LogP contribution in [0, 0.1) is 11.8 Å². The van der Waals surface area contributed by atoms with Gasteiger partial charge in [-0.1, -0.05) is 34.6 Å². The Morgan fingerprint density at radius 3 is 2.00 bits per heavy atom. The summed E-state index contributed by atoms with van der Waals surface area (Å²) in [4.78, 5) is 98.5. The normalized spacial score (nSPS) is 19.4. The Labute approximate surface area is 364 Å². The van der Waals surface area contributed by atoms with E-state index in [2.05, 4.69) is 55.2 Å². The Morgan fingerprint density at radius 1 is 0.754 bits per heavy atom. The van der Waals surface area contributed by atoms with Crippen molar-refractivity contribution < 1.29 is 38.1 Å². The molecule has 0 aromatic carbocycles. The van der Waals surface area contributed by atoms with Gasteiger partial charge in [0.05, 0.1) is 44.2 Å². The molecule has 0 radical (unpaired) electrons. The summed E-state index contributed by atoms with van der Waals surface area (Å²) in [5, 5.41) is 17.0. The van der Waals surface area contributed by atoms with E-state index < -0.39 is 76.2 Å². The fourth-order valence-electron chi connectivity index (χ4n) is 8.20. The standard InChI is InChI=1S/C44H78N10O7/c1-13-44(12,39(60)47-30(24-28(2)3)27-53-22-17-21-52-20-16-19-34(52)53)50-35(56)31(25-29(4)5)48-33(55)26-46-38(59)42(8,9)49-36(57)32-18-14-15-23-54(32)40(61)43(10,11)51-37(58)41(6,7)45/h28-32H,13-27,45H2,1-12H3,(H5-,46,47,48,49,50,51,55,56,57,58,59,60)/p+1/t30-,31-,32-,44-/m0/s1. The molecule has 0 aliphatic carbocycles. The Bertz CT molecular complexity index is 1650. The molecule has 0 aromatic heterocycles. The first-order valence-electron chi connectivity index (χ1n) is 22.5. The van der Waals surface area contributed by atoms with Gasteiger partial charge in [-0.3, -0.25) is 43.0 Å². The highest BCUT2D eigenvalue weighted by molar-refractivity contribution is 5.99. The van der Waals surface area contributed by atoms with Gasteiger partial charge in [-0.15, -0.1) is 0 Å². The minimum atomic E-state index is -1.49. The predicted octanol–water partition coefficient (Wildman–Crippen LogP) is 1.27. The number of rotatable bonds is 20. The van der Waals surface area contributed by atoms with Crippen molar-refractivity contribution in [2.45, 2.75) is 181 Å². The number of nitrogens with one attached hydrogen (secondary N) is 6. The van der Waals surface area contributed by atoms with E-state index in [9.17, 15) is 33.6 Å². The van der Waals surface area contributed by atoms with Gasteiger partial charge in [-0.25, -0.2) is 0 Å². The summed E-state index contributed by atoms with van der Waals surface area (Å²) in [7, 11) is 0. The van der Waals surface area contributed by atoms with Crippen LogP contribution in [-0.2, 0) is 33.6 Å². The number of amides is 7. The van der Waals surface area contributed by atoms with Crippen molar-refractivity contribution in [2.75, 3.05) is 39.3 Å². The predicted molar refractivity (Wildman–Crippen MR) is 235 cm³/mol. The van der Waals surface area contributed by atoms with Gasteiger partial charge in [0.15, 0.2) is 0 Å². The van der Waals surface area contributed by atoms with Crippen LogP contribution < -0.4 is 37.6 Å².